The summed E-state index contributed by atoms with van der Waals surface area (Å²) >= 11 is 0. The summed E-state index contributed by atoms with van der Waals surface area (Å²) in [5.41, 5.74) is 8.71. The summed E-state index contributed by atoms with van der Waals surface area (Å²) in [4.78, 5) is 11.8. The minimum Gasteiger partial charge on any atom is -0.383 e. The number of nitrogen functional groups attached to an aromatic ring is 1. The number of carbonyl (C=O) groups is 1. The van der Waals surface area contributed by atoms with Crippen LogP contribution in [0.15, 0.2) is 6.20 Å². The highest BCUT2D eigenvalue weighted by molar-refractivity contribution is 5.98. The van der Waals surface area contributed by atoms with Gasteiger partial charge in [0.25, 0.3) is 5.91 Å². The summed E-state index contributed by atoms with van der Waals surface area (Å²) < 4.78 is 0. The highest BCUT2D eigenvalue weighted by Crippen LogP contribution is 2.10. The summed E-state index contributed by atoms with van der Waals surface area (Å²) in [6, 6.07) is 0. The molecule has 0 fully saturated rings. The van der Waals surface area contributed by atoms with Crippen molar-refractivity contribution in [3.8, 4) is 0 Å². The van der Waals surface area contributed by atoms with Crippen molar-refractivity contribution in [1.82, 2.24) is 25.7 Å². The number of nitrogens with two attached hydrogens (primary N) is 1. The largest absolute Gasteiger partial charge is 0.383 e. The number of carbonyl (C=O) groups excluding carboxylic acids is 1. The summed E-state index contributed by atoms with van der Waals surface area (Å²) in [7, 11) is 0. The number of H-pyrrole nitrogens is 2. The molecule has 0 spiro atoms. The molecule has 0 unspecified atom stereocenters. The zero-order valence-electron chi connectivity index (χ0n) is 9.66. The Balaban J connectivity index is 2.05. The number of nitrogens with zero attached hydrogens (tertiary/aromatic N) is 2. The predicted molar refractivity (Wildman–Crippen MR) is 62.2 cm³/mol. The van der Waals surface area contributed by atoms with E-state index in [-0.39, 0.29) is 11.7 Å². The molecule has 2 aromatic rings. The van der Waals surface area contributed by atoms with Crippen LogP contribution in [0.1, 0.15) is 27.3 Å². The molecule has 1 amide bonds. The second kappa shape index (κ2) is 4.28. The van der Waals surface area contributed by atoms with Gasteiger partial charge in [-0.05, 0) is 13.8 Å². The Morgan fingerprint density at radius 3 is 2.76 bits per heavy atom. The van der Waals surface area contributed by atoms with E-state index in [4.69, 9.17) is 5.73 Å². The first-order valence-electron chi connectivity index (χ1n) is 5.17. The van der Waals surface area contributed by atoms with Gasteiger partial charge >= 0.3 is 0 Å². The first-order chi connectivity index (χ1) is 8.09. The molecule has 17 heavy (non-hydrogen) atoms. The Labute approximate surface area is 97.8 Å². The molecule has 2 rings (SSSR count). The van der Waals surface area contributed by atoms with Gasteiger partial charge in [0.2, 0.25) is 0 Å². The van der Waals surface area contributed by atoms with Gasteiger partial charge in [-0.2, -0.15) is 10.2 Å². The lowest BCUT2D eigenvalue weighted by atomic mass is 10.2. The Bertz CT molecular complexity index is 521. The molecule has 7 heteroatoms. The van der Waals surface area contributed by atoms with E-state index in [0.29, 0.717) is 12.1 Å². The average molecular weight is 234 g/mol. The van der Waals surface area contributed by atoms with Crippen LogP contribution in [0.4, 0.5) is 5.82 Å². The van der Waals surface area contributed by atoms with Gasteiger partial charge in [0, 0.05) is 17.8 Å². The fourth-order valence-electron chi connectivity index (χ4n) is 1.58. The Hall–Kier alpha value is -2.31. The maximum Gasteiger partial charge on any atom is 0.256 e. The van der Waals surface area contributed by atoms with E-state index in [1.807, 2.05) is 13.8 Å². The Morgan fingerprint density at radius 2 is 2.24 bits per heavy atom. The summed E-state index contributed by atoms with van der Waals surface area (Å²) in [6.07, 6.45) is 1.40. The highest BCUT2D eigenvalue weighted by atomic mass is 16.1. The van der Waals surface area contributed by atoms with Crippen molar-refractivity contribution < 1.29 is 4.79 Å². The van der Waals surface area contributed by atoms with Crippen LogP contribution in [0.2, 0.25) is 0 Å². The number of aryl methyl sites for hydroxylation is 2. The van der Waals surface area contributed by atoms with Crippen molar-refractivity contribution in [3.63, 3.8) is 0 Å². The molecule has 0 aromatic carbocycles. The van der Waals surface area contributed by atoms with Crippen LogP contribution in [0.5, 0.6) is 0 Å². The van der Waals surface area contributed by atoms with E-state index in [1.54, 1.807) is 0 Å². The molecule has 0 atom stereocenters. The van der Waals surface area contributed by atoms with Gasteiger partial charge in [-0.3, -0.25) is 15.0 Å². The molecule has 2 heterocycles. The third kappa shape index (κ3) is 2.12. The first-order valence-corrected chi connectivity index (χ1v) is 5.17. The molecule has 2 aromatic heterocycles. The molecule has 0 bridgehead atoms. The maximum absolute atomic E-state index is 11.8. The van der Waals surface area contributed by atoms with Crippen molar-refractivity contribution in [2.24, 2.45) is 0 Å². The smallest absolute Gasteiger partial charge is 0.256 e. The predicted octanol–water partition coefficient (Wildman–Crippen LogP) is 0.262. The fraction of sp³-hybridized carbons (Fsp3) is 0.300. The number of anilines is 1. The first kappa shape index (κ1) is 11.2. The lowest BCUT2D eigenvalue weighted by Crippen LogP contribution is -2.23. The van der Waals surface area contributed by atoms with E-state index >= 15 is 0 Å². The van der Waals surface area contributed by atoms with Crippen molar-refractivity contribution in [2.75, 3.05) is 5.73 Å². The van der Waals surface area contributed by atoms with Gasteiger partial charge in [0.05, 0.1) is 11.9 Å². The van der Waals surface area contributed by atoms with Crippen LogP contribution < -0.4 is 11.1 Å². The number of amides is 1. The lowest BCUT2D eigenvalue weighted by molar-refractivity contribution is 0.0952. The molecule has 5 N–H and O–H groups in total. The number of aromatic nitrogens is 4. The molecule has 0 aliphatic rings. The van der Waals surface area contributed by atoms with E-state index in [9.17, 15) is 4.79 Å². The van der Waals surface area contributed by atoms with E-state index in [0.717, 1.165) is 17.0 Å². The molecule has 0 aliphatic heterocycles. The van der Waals surface area contributed by atoms with Gasteiger partial charge in [0.1, 0.15) is 11.4 Å². The average Bonchev–Trinajstić information content (AvgIpc) is 2.84. The molecular formula is C10H14N6O. The monoisotopic (exact) mass is 234 g/mol. The van der Waals surface area contributed by atoms with Crippen LogP contribution in [0.25, 0.3) is 0 Å². The summed E-state index contributed by atoms with van der Waals surface area (Å²) in [6.45, 7) is 4.21. The lowest BCUT2D eigenvalue weighted by Gasteiger charge is -2.04. The van der Waals surface area contributed by atoms with E-state index in [2.05, 4.69) is 25.7 Å². The van der Waals surface area contributed by atoms with Gasteiger partial charge in [-0.15, -0.1) is 0 Å². The van der Waals surface area contributed by atoms with Crippen LogP contribution in [-0.2, 0) is 6.54 Å². The van der Waals surface area contributed by atoms with Gasteiger partial charge in [-0.25, -0.2) is 0 Å². The molecule has 0 aliphatic carbocycles. The minimum atomic E-state index is -0.253. The maximum atomic E-state index is 11.8. The number of hydrogen-bond acceptors (Lipinski definition) is 4. The highest BCUT2D eigenvalue weighted by Gasteiger charge is 2.13. The van der Waals surface area contributed by atoms with Crippen molar-refractivity contribution in [1.29, 1.82) is 0 Å². The molecule has 7 nitrogen and oxygen atoms in total. The topological polar surface area (TPSA) is 112 Å². The van der Waals surface area contributed by atoms with Crippen molar-refractivity contribution in [2.45, 2.75) is 20.4 Å². The quantitative estimate of drug-likeness (QED) is 0.610. The van der Waals surface area contributed by atoms with Crippen molar-refractivity contribution in [3.05, 3.63) is 28.7 Å². The standard InChI is InChI=1S/C10H14N6O/c1-5-7(6(2)15-14-5)3-12-10(17)8-4-13-16-9(8)11/h4H,3H2,1-2H3,(H,12,17)(H,14,15)(H3,11,13,16). The Kier molecular flexibility index (Phi) is 2.82. The number of nitrogens with one attached hydrogen (secondary N) is 3. The normalized spacial score (nSPS) is 10.5. The van der Waals surface area contributed by atoms with Gasteiger partial charge in [0.15, 0.2) is 0 Å². The summed E-state index contributed by atoms with van der Waals surface area (Å²) in [5.74, 6) is 0.0133. The van der Waals surface area contributed by atoms with Crippen molar-refractivity contribution >= 4 is 11.7 Å². The number of rotatable bonds is 3. The zero-order valence-corrected chi connectivity index (χ0v) is 9.66. The zero-order chi connectivity index (χ0) is 12.4. The van der Waals surface area contributed by atoms with E-state index < -0.39 is 0 Å². The van der Waals surface area contributed by atoms with Crippen LogP contribution >= 0.6 is 0 Å². The SMILES string of the molecule is Cc1n[nH]c(C)c1CNC(=O)c1cn[nH]c1N. The molecule has 0 radical (unpaired) electrons. The number of hydrogen-bond donors (Lipinski definition) is 4. The van der Waals surface area contributed by atoms with E-state index in [1.165, 1.54) is 6.20 Å². The van der Waals surface area contributed by atoms with Crippen LogP contribution in [-0.4, -0.2) is 26.3 Å². The molecule has 0 saturated carbocycles. The Morgan fingerprint density at radius 1 is 1.47 bits per heavy atom. The second-order valence-electron chi connectivity index (χ2n) is 3.79. The molecular weight excluding hydrogens is 220 g/mol. The second-order valence-corrected chi connectivity index (χ2v) is 3.79. The minimum absolute atomic E-state index is 0.253. The summed E-state index contributed by atoms with van der Waals surface area (Å²) in [5, 5.41) is 15.9. The van der Waals surface area contributed by atoms with Gasteiger partial charge in [-0.1, -0.05) is 0 Å². The van der Waals surface area contributed by atoms with Crippen LogP contribution in [0.3, 0.4) is 0 Å². The fourth-order valence-corrected chi connectivity index (χ4v) is 1.58. The van der Waals surface area contributed by atoms with Crippen LogP contribution in [0, 0.1) is 13.8 Å². The van der Waals surface area contributed by atoms with Gasteiger partial charge < -0.3 is 11.1 Å². The molecule has 0 saturated heterocycles. The third-order valence-corrected chi connectivity index (χ3v) is 2.62. The number of aromatic amines is 2. The third-order valence-electron chi connectivity index (χ3n) is 2.62. The molecule has 90 valence electrons.